The second-order valence-corrected chi connectivity index (χ2v) is 6.94. The summed E-state index contributed by atoms with van der Waals surface area (Å²) < 4.78 is 5.27. The maximum atomic E-state index is 12.8. The van der Waals surface area contributed by atoms with Gasteiger partial charge >= 0.3 is 5.97 Å². The highest BCUT2D eigenvalue weighted by Gasteiger charge is 2.19. The van der Waals surface area contributed by atoms with Crippen molar-refractivity contribution in [2.45, 2.75) is 20.3 Å². The van der Waals surface area contributed by atoms with Gasteiger partial charge in [0.15, 0.2) is 6.61 Å². The van der Waals surface area contributed by atoms with Crippen molar-refractivity contribution >= 4 is 28.3 Å². The lowest BCUT2D eigenvalue weighted by Crippen LogP contribution is -2.35. The van der Waals surface area contributed by atoms with Gasteiger partial charge in [-0.05, 0) is 60.0 Å². The van der Waals surface area contributed by atoms with Gasteiger partial charge in [0.05, 0.1) is 18.1 Å². The van der Waals surface area contributed by atoms with E-state index in [0.717, 1.165) is 21.9 Å². The molecule has 0 unspecified atom stereocenters. The van der Waals surface area contributed by atoms with E-state index in [-0.39, 0.29) is 25.5 Å². The Kier molecular flexibility index (Phi) is 6.25. The van der Waals surface area contributed by atoms with Gasteiger partial charge in [-0.2, -0.15) is 5.26 Å². The van der Waals surface area contributed by atoms with Crippen LogP contribution in [0.3, 0.4) is 0 Å². The van der Waals surface area contributed by atoms with Crippen LogP contribution in [0.4, 0.5) is 5.69 Å². The fourth-order valence-electron chi connectivity index (χ4n) is 3.27. The molecule has 3 rings (SSSR count). The van der Waals surface area contributed by atoms with Crippen molar-refractivity contribution in [3.8, 4) is 6.07 Å². The summed E-state index contributed by atoms with van der Waals surface area (Å²) in [5, 5.41) is 10.9. The first-order chi connectivity index (χ1) is 14.0. The molecule has 3 aromatic rings. The Bertz CT molecular complexity index is 1080. The third kappa shape index (κ3) is 4.99. The van der Waals surface area contributed by atoms with Gasteiger partial charge in [-0.25, -0.2) is 4.79 Å². The number of carbonyl (C=O) groups excluding carboxylic acids is 2. The summed E-state index contributed by atoms with van der Waals surface area (Å²) in [7, 11) is 0. The Morgan fingerprint density at radius 3 is 2.34 bits per heavy atom. The van der Waals surface area contributed by atoms with Gasteiger partial charge in [0.1, 0.15) is 0 Å². The summed E-state index contributed by atoms with van der Waals surface area (Å²) in [4.78, 5) is 26.7. The Morgan fingerprint density at radius 1 is 0.966 bits per heavy atom. The smallest absolute Gasteiger partial charge is 0.338 e. The summed E-state index contributed by atoms with van der Waals surface area (Å²) in [5.41, 5.74) is 3.13. The topological polar surface area (TPSA) is 70.4 Å². The summed E-state index contributed by atoms with van der Waals surface area (Å²) >= 11 is 0. The number of rotatable bonds is 6. The molecule has 0 spiro atoms. The highest BCUT2D eigenvalue weighted by Crippen LogP contribution is 2.20. The van der Waals surface area contributed by atoms with Crippen LogP contribution >= 0.6 is 0 Å². The number of ether oxygens (including phenoxy) is 1. The third-order valence-electron chi connectivity index (χ3n) is 4.58. The van der Waals surface area contributed by atoms with E-state index in [1.807, 2.05) is 62.4 Å². The quantitative estimate of drug-likeness (QED) is 0.582. The van der Waals surface area contributed by atoms with Gasteiger partial charge < -0.3 is 9.64 Å². The molecule has 0 N–H and O–H groups in total. The van der Waals surface area contributed by atoms with E-state index in [1.54, 1.807) is 12.1 Å². The lowest BCUT2D eigenvalue weighted by Gasteiger charge is -2.22. The van der Waals surface area contributed by atoms with Crippen molar-refractivity contribution in [1.29, 1.82) is 5.26 Å². The molecule has 29 heavy (non-hydrogen) atoms. The van der Waals surface area contributed by atoms with Crippen molar-refractivity contribution in [1.82, 2.24) is 0 Å². The SMILES string of the molecule is Cc1cc(C)cc(N(CCC#N)C(=O)COC(=O)c2ccc3ccccc3c2)c1. The van der Waals surface area contributed by atoms with Crippen LogP contribution in [-0.4, -0.2) is 25.0 Å². The Balaban J connectivity index is 1.73. The fourth-order valence-corrected chi connectivity index (χ4v) is 3.27. The molecule has 1 amide bonds. The first kappa shape index (κ1) is 20.1. The Labute approximate surface area is 170 Å². The van der Waals surface area contributed by atoms with E-state index in [9.17, 15) is 9.59 Å². The van der Waals surface area contributed by atoms with E-state index in [4.69, 9.17) is 10.00 Å². The number of fused-ring (bicyclic) bond motifs is 1. The number of carbonyl (C=O) groups is 2. The number of nitriles is 1. The van der Waals surface area contributed by atoms with Crippen LogP contribution in [0.1, 0.15) is 27.9 Å². The third-order valence-corrected chi connectivity index (χ3v) is 4.58. The summed E-state index contributed by atoms with van der Waals surface area (Å²) in [6.07, 6.45) is 0.192. The number of anilines is 1. The van der Waals surface area contributed by atoms with Crippen molar-refractivity contribution in [2.24, 2.45) is 0 Å². The molecule has 0 saturated carbocycles. The summed E-state index contributed by atoms with van der Waals surface area (Å²) in [6.45, 7) is 3.75. The number of esters is 1. The molecule has 5 heteroatoms. The van der Waals surface area contributed by atoms with E-state index in [1.165, 1.54) is 4.90 Å². The zero-order chi connectivity index (χ0) is 20.8. The lowest BCUT2D eigenvalue weighted by atomic mass is 10.1. The van der Waals surface area contributed by atoms with E-state index in [2.05, 4.69) is 6.07 Å². The Hall–Kier alpha value is -3.65. The van der Waals surface area contributed by atoms with Crippen molar-refractivity contribution < 1.29 is 14.3 Å². The number of benzene rings is 3. The summed E-state index contributed by atoms with van der Waals surface area (Å²) in [5.74, 6) is -0.913. The molecule has 0 heterocycles. The zero-order valence-electron chi connectivity index (χ0n) is 16.5. The Morgan fingerprint density at radius 2 is 1.66 bits per heavy atom. The van der Waals surface area contributed by atoms with Gasteiger partial charge in [-0.3, -0.25) is 4.79 Å². The predicted octanol–water partition coefficient (Wildman–Crippen LogP) is 4.56. The highest BCUT2D eigenvalue weighted by atomic mass is 16.5. The van der Waals surface area contributed by atoms with Crippen molar-refractivity contribution in [3.63, 3.8) is 0 Å². The van der Waals surface area contributed by atoms with Gasteiger partial charge in [-0.15, -0.1) is 0 Å². The van der Waals surface area contributed by atoms with Crippen LogP contribution in [0.15, 0.2) is 60.7 Å². The molecular weight excluding hydrogens is 364 g/mol. The summed E-state index contributed by atoms with van der Waals surface area (Å²) in [6, 6.07) is 20.8. The van der Waals surface area contributed by atoms with Crippen LogP contribution in [0, 0.1) is 25.2 Å². The van der Waals surface area contributed by atoms with Gasteiger partial charge in [0, 0.05) is 12.2 Å². The largest absolute Gasteiger partial charge is 0.452 e. The predicted molar refractivity (Wildman–Crippen MR) is 113 cm³/mol. The molecule has 0 aliphatic heterocycles. The van der Waals surface area contributed by atoms with Gasteiger partial charge in [0.2, 0.25) is 0 Å². The normalized spacial score (nSPS) is 10.4. The molecule has 0 aliphatic carbocycles. The molecule has 0 fully saturated rings. The van der Waals surface area contributed by atoms with Crippen molar-refractivity contribution in [3.05, 3.63) is 77.4 Å². The number of amides is 1. The van der Waals surface area contributed by atoms with Crippen LogP contribution in [0.2, 0.25) is 0 Å². The molecule has 0 bridgehead atoms. The lowest BCUT2D eigenvalue weighted by molar-refractivity contribution is -0.121. The maximum absolute atomic E-state index is 12.8. The second kappa shape index (κ2) is 9.03. The molecule has 0 aromatic heterocycles. The molecule has 5 nitrogen and oxygen atoms in total. The average Bonchev–Trinajstić information content (AvgIpc) is 2.71. The van der Waals surface area contributed by atoms with Crippen LogP contribution in [0.5, 0.6) is 0 Å². The molecule has 0 atom stereocenters. The first-order valence-corrected chi connectivity index (χ1v) is 9.39. The second-order valence-electron chi connectivity index (χ2n) is 6.94. The minimum atomic E-state index is -0.551. The van der Waals surface area contributed by atoms with Crippen LogP contribution in [-0.2, 0) is 9.53 Å². The zero-order valence-corrected chi connectivity index (χ0v) is 16.5. The monoisotopic (exact) mass is 386 g/mol. The minimum absolute atomic E-state index is 0.192. The molecule has 3 aromatic carbocycles. The average molecular weight is 386 g/mol. The fraction of sp³-hybridized carbons (Fsp3) is 0.208. The van der Waals surface area contributed by atoms with E-state index in [0.29, 0.717) is 11.3 Å². The molecule has 0 saturated heterocycles. The van der Waals surface area contributed by atoms with Crippen molar-refractivity contribution in [2.75, 3.05) is 18.1 Å². The van der Waals surface area contributed by atoms with Crippen LogP contribution in [0.25, 0.3) is 10.8 Å². The first-order valence-electron chi connectivity index (χ1n) is 9.39. The number of nitrogens with zero attached hydrogens (tertiary/aromatic N) is 2. The molecule has 0 radical (unpaired) electrons. The minimum Gasteiger partial charge on any atom is -0.452 e. The molecule has 0 aliphatic rings. The number of hydrogen-bond donors (Lipinski definition) is 0. The maximum Gasteiger partial charge on any atom is 0.338 e. The number of hydrogen-bond acceptors (Lipinski definition) is 4. The van der Waals surface area contributed by atoms with Crippen LogP contribution < -0.4 is 4.90 Å². The van der Waals surface area contributed by atoms with Gasteiger partial charge in [0.25, 0.3) is 5.91 Å². The number of aryl methyl sites for hydroxylation is 2. The molecule has 146 valence electrons. The molecular formula is C24H22N2O3. The standard InChI is InChI=1S/C24H22N2O3/c1-17-12-18(2)14-22(13-17)26(11-5-10-25)23(27)16-29-24(28)21-9-8-19-6-3-4-7-20(19)15-21/h3-4,6-9,12-15H,5,11,16H2,1-2H3. The highest BCUT2D eigenvalue weighted by molar-refractivity contribution is 5.99. The van der Waals surface area contributed by atoms with E-state index >= 15 is 0 Å². The van der Waals surface area contributed by atoms with Gasteiger partial charge in [-0.1, -0.05) is 36.4 Å². The van der Waals surface area contributed by atoms with E-state index < -0.39 is 5.97 Å².